The van der Waals surface area contributed by atoms with Gasteiger partial charge in [-0.3, -0.25) is 4.79 Å². The van der Waals surface area contributed by atoms with Crippen molar-refractivity contribution in [3.8, 4) is 0 Å². The zero-order valence-corrected chi connectivity index (χ0v) is 14.8. The number of nitrogens with one attached hydrogen (secondary N) is 1. The smallest absolute Gasteiger partial charge is 0.239 e. The minimum Gasteiger partial charge on any atom is -0.304 e. The highest BCUT2D eigenvalue weighted by Crippen LogP contribution is 2.28. The third-order valence-corrected chi connectivity index (χ3v) is 5.45. The van der Waals surface area contributed by atoms with Gasteiger partial charge in [-0.1, -0.05) is 65.8 Å². The summed E-state index contributed by atoms with van der Waals surface area (Å²) < 4.78 is 0. The number of thioether (sulfide) groups is 1. The second kappa shape index (κ2) is 6.90. The van der Waals surface area contributed by atoms with E-state index in [1.807, 2.05) is 30.3 Å². The summed E-state index contributed by atoms with van der Waals surface area (Å²) >= 11 is 7.37. The Morgan fingerprint density at radius 2 is 1.76 bits per heavy atom. The lowest BCUT2D eigenvalue weighted by atomic mass is 10.0. The summed E-state index contributed by atoms with van der Waals surface area (Å²) in [4.78, 5) is 16.8. The van der Waals surface area contributed by atoms with E-state index in [0.29, 0.717) is 16.6 Å². The molecule has 0 radical (unpaired) electrons. The van der Waals surface area contributed by atoms with Gasteiger partial charge in [-0.15, -0.1) is 0 Å². The zero-order valence-electron chi connectivity index (χ0n) is 13.3. The number of carbonyl (C=O) groups is 1. The third-order valence-electron chi connectivity index (χ3n) is 4.12. The molecule has 1 saturated heterocycles. The van der Waals surface area contributed by atoms with Gasteiger partial charge in [0.2, 0.25) is 5.91 Å². The van der Waals surface area contributed by atoms with Crippen molar-refractivity contribution in [1.82, 2.24) is 5.32 Å². The summed E-state index contributed by atoms with van der Waals surface area (Å²) in [5.74, 6) is 0.00523. The Hall–Kier alpha value is -2.30. The maximum atomic E-state index is 12.3. The number of benzene rings is 3. The van der Waals surface area contributed by atoms with Crippen LogP contribution in [-0.4, -0.2) is 16.3 Å². The molecular formula is C20H15ClN2OS. The highest BCUT2D eigenvalue weighted by Gasteiger charge is 2.30. The van der Waals surface area contributed by atoms with Gasteiger partial charge in [0.25, 0.3) is 0 Å². The molecule has 1 amide bonds. The molecule has 1 aliphatic rings. The lowest BCUT2D eigenvalue weighted by Crippen LogP contribution is -2.26. The molecule has 0 bridgehead atoms. The van der Waals surface area contributed by atoms with Crippen LogP contribution >= 0.6 is 23.4 Å². The Morgan fingerprint density at radius 1 is 1.00 bits per heavy atom. The molecule has 124 valence electrons. The second-order valence-corrected chi connectivity index (χ2v) is 7.46. The molecule has 0 spiro atoms. The molecule has 0 aromatic heterocycles. The number of amidine groups is 1. The Kier molecular flexibility index (Phi) is 4.47. The van der Waals surface area contributed by atoms with E-state index in [0.717, 1.165) is 5.69 Å². The Bertz CT molecular complexity index is 964. The lowest BCUT2D eigenvalue weighted by molar-refractivity contribution is -0.118. The highest BCUT2D eigenvalue weighted by molar-refractivity contribution is 8.15. The van der Waals surface area contributed by atoms with E-state index >= 15 is 0 Å². The molecule has 25 heavy (non-hydrogen) atoms. The number of amides is 1. The van der Waals surface area contributed by atoms with Crippen molar-refractivity contribution in [2.75, 3.05) is 0 Å². The Morgan fingerprint density at radius 3 is 2.60 bits per heavy atom. The number of aliphatic imine (C=N–C) groups is 1. The van der Waals surface area contributed by atoms with E-state index in [-0.39, 0.29) is 11.2 Å². The number of nitrogens with zero attached hydrogens (tertiary/aromatic N) is 1. The van der Waals surface area contributed by atoms with Gasteiger partial charge in [-0.2, -0.15) is 0 Å². The first-order valence-electron chi connectivity index (χ1n) is 7.97. The van der Waals surface area contributed by atoms with E-state index in [1.54, 1.807) is 12.1 Å². The molecular weight excluding hydrogens is 352 g/mol. The molecule has 1 heterocycles. The van der Waals surface area contributed by atoms with Crippen molar-refractivity contribution in [1.29, 1.82) is 0 Å². The summed E-state index contributed by atoms with van der Waals surface area (Å²) in [6.45, 7) is 0. The van der Waals surface area contributed by atoms with Crippen molar-refractivity contribution in [2.24, 2.45) is 4.99 Å². The third kappa shape index (κ3) is 3.55. The van der Waals surface area contributed by atoms with Crippen molar-refractivity contribution >= 4 is 50.9 Å². The fraction of sp³-hybridized carbons (Fsp3) is 0.100. The quantitative estimate of drug-likeness (QED) is 0.712. The standard InChI is InChI=1S/C20H15ClN2OS/c21-15-8-10-16(11-9-15)22-20-23-19(24)18(25-20)12-14-6-3-5-13-4-1-2-7-17(13)14/h1-11,18H,12H2,(H,22,23,24). The lowest BCUT2D eigenvalue weighted by Gasteiger charge is -2.09. The zero-order chi connectivity index (χ0) is 17.2. The molecule has 5 heteroatoms. The van der Waals surface area contributed by atoms with Gasteiger partial charge in [-0.25, -0.2) is 4.99 Å². The van der Waals surface area contributed by atoms with Crippen molar-refractivity contribution < 1.29 is 4.79 Å². The summed E-state index contributed by atoms with van der Waals surface area (Å²) in [7, 11) is 0. The molecule has 1 fully saturated rings. The van der Waals surface area contributed by atoms with Gasteiger partial charge in [0, 0.05) is 5.02 Å². The van der Waals surface area contributed by atoms with E-state index in [1.165, 1.54) is 28.1 Å². The first kappa shape index (κ1) is 16.2. The van der Waals surface area contributed by atoms with Crippen LogP contribution in [0.4, 0.5) is 5.69 Å². The van der Waals surface area contributed by atoms with Crippen LogP contribution in [0.3, 0.4) is 0 Å². The minimum absolute atomic E-state index is 0.00523. The van der Waals surface area contributed by atoms with E-state index < -0.39 is 0 Å². The Balaban J connectivity index is 1.55. The average Bonchev–Trinajstić information content (AvgIpc) is 2.96. The van der Waals surface area contributed by atoms with E-state index in [9.17, 15) is 4.79 Å². The van der Waals surface area contributed by atoms with Crippen LogP contribution in [0.5, 0.6) is 0 Å². The van der Waals surface area contributed by atoms with Crippen molar-refractivity contribution in [3.05, 3.63) is 77.3 Å². The normalized spacial score (nSPS) is 18.7. The maximum absolute atomic E-state index is 12.3. The predicted octanol–water partition coefficient (Wildman–Crippen LogP) is 4.96. The van der Waals surface area contributed by atoms with Crippen molar-refractivity contribution in [3.63, 3.8) is 0 Å². The maximum Gasteiger partial charge on any atom is 0.239 e. The van der Waals surface area contributed by atoms with Gasteiger partial charge in [0.15, 0.2) is 5.17 Å². The summed E-state index contributed by atoms with van der Waals surface area (Å²) in [6.07, 6.45) is 0.678. The molecule has 1 atom stereocenters. The molecule has 0 saturated carbocycles. The van der Waals surface area contributed by atoms with Gasteiger partial charge in [-0.05, 0) is 47.0 Å². The molecule has 3 aromatic carbocycles. The topological polar surface area (TPSA) is 41.5 Å². The van der Waals surface area contributed by atoms with E-state index in [2.05, 4.69) is 34.6 Å². The number of fused-ring (bicyclic) bond motifs is 1. The molecule has 1 N–H and O–H groups in total. The molecule has 1 unspecified atom stereocenters. The molecule has 3 aromatic rings. The first-order valence-corrected chi connectivity index (χ1v) is 9.23. The van der Waals surface area contributed by atoms with Crippen LogP contribution in [0.15, 0.2) is 71.7 Å². The second-order valence-electron chi connectivity index (χ2n) is 5.83. The number of hydrogen-bond acceptors (Lipinski definition) is 3. The largest absolute Gasteiger partial charge is 0.304 e. The van der Waals surface area contributed by atoms with Gasteiger partial charge >= 0.3 is 0 Å². The van der Waals surface area contributed by atoms with Crippen LogP contribution in [0.25, 0.3) is 10.8 Å². The first-order chi connectivity index (χ1) is 12.2. The Labute approximate surface area is 155 Å². The number of carbonyl (C=O) groups excluding carboxylic acids is 1. The molecule has 3 nitrogen and oxygen atoms in total. The van der Waals surface area contributed by atoms with Crippen molar-refractivity contribution in [2.45, 2.75) is 11.7 Å². The molecule has 4 rings (SSSR count). The van der Waals surface area contributed by atoms with Crippen LogP contribution < -0.4 is 5.32 Å². The molecule has 0 aliphatic carbocycles. The highest BCUT2D eigenvalue weighted by atomic mass is 35.5. The molecule has 1 aliphatic heterocycles. The summed E-state index contributed by atoms with van der Waals surface area (Å²) in [5.41, 5.74) is 1.96. The van der Waals surface area contributed by atoms with Crippen LogP contribution in [0, 0.1) is 0 Å². The summed E-state index contributed by atoms with van der Waals surface area (Å²) in [5, 5.41) is 6.40. The van der Waals surface area contributed by atoms with Crippen LogP contribution in [-0.2, 0) is 11.2 Å². The summed E-state index contributed by atoms with van der Waals surface area (Å²) in [6, 6.07) is 21.7. The minimum atomic E-state index is -0.170. The number of halogens is 1. The SMILES string of the molecule is O=C1NC(=Nc2ccc(Cl)cc2)SC1Cc1cccc2ccccc12. The fourth-order valence-corrected chi connectivity index (χ4v) is 4.04. The van der Waals surface area contributed by atoms with Gasteiger partial charge in [0.1, 0.15) is 0 Å². The average molecular weight is 367 g/mol. The fourth-order valence-electron chi connectivity index (χ4n) is 2.90. The van der Waals surface area contributed by atoms with Gasteiger partial charge < -0.3 is 5.32 Å². The van der Waals surface area contributed by atoms with Crippen LogP contribution in [0.2, 0.25) is 5.02 Å². The van der Waals surface area contributed by atoms with E-state index in [4.69, 9.17) is 11.6 Å². The van der Waals surface area contributed by atoms with Crippen LogP contribution in [0.1, 0.15) is 5.56 Å². The number of rotatable bonds is 3. The number of hydrogen-bond donors (Lipinski definition) is 1. The monoisotopic (exact) mass is 366 g/mol. The van der Waals surface area contributed by atoms with Gasteiger partial charge in [0.05, 0.1) is 10.9 Å². The predicted molar refractivity (Wildman–Crippen MR) is 106 cm³/mol.